The maximum Gasteiger partial charge on any atom is 0.255 e. The lowest BCUT2D eigenvalue weighted by atomic mass is 9.96. The average Bonchev–Trinajstić information content (AvgIpc) is 3.02. The number of carbonyl (C=O) groups is 2. The summed E-state index contributed by atoms with van der Waals surface area (Å²) in [5, 5.41) is 3.27. The molecule has 0 aromatic heterocycles. The third kappa shape index (κ3) is 4.35. The second-order valence-corrected chi connectivity index (χ2v) is 8.32. The molecule has 1 atom stereocenters. The van der Waals surface area contributed by atoms with Crippen molar-refractivity contribution in [1.82, 2.24) is 10.2 Å². The summed E-state index contributed by atoms with van der Waals surface area (Å²) in [6, 6.07) is 14.8. The number of ether oxygens (including phenoxy) is 1. The first-order chi connectivity index (χ1) is 14.7. The first kappa shape index (κ1) is 20.5. The number of fused-ring (bicyclic) bond motifs is 1. The maximum atomic E-state index is 13.4. The van der Waals surface area contributed by atoms with E-state index in [4.69, 9.17) is 4.74 Å². The highest BCUT2D eigenvalue weighted by molar-refractivity contribution is 6.04. The molecule has 1 heterocycles. The maximum absolute atomic E-state index is 13.4. The molecule has 2 aliphatic rings. The second-order valence-electron chi connectivity index (χ2n) is 8.32. The van der Waals surface area contributed by atoms with Crippen molar-refractivity contribution in [3.05, 3.63) is 65.2 Å². The van der Waals surface area contributed by atoms with Gasteiger partial charge in [-0.2, -0.15) is 0 Å². The highest BCUT2D eigenvalue weighted by Gasteiger charge is 2.41. The van der Waals surface area contributed by atoms with Gasteiger partial charge in [-0.15, -0.1) is 0 Å². The number of hydrogen-bond acceptors (Lipinski definition) is 3. The minimum Gasteiger partial charge on any atom is -0.497 e. The van der Waals surface area contributed by atoms with E-state index in [-0.39, 0.29) is 17.9 Å². The van der Waals surface area contributed by atoms with Crippen molar-refractivity contribution in [2.45, 2.75) is 63.6 Å². The normalized spacial score (nSPS) is 19.7. The molecule has 1 N–H and O–H groups in total. The SMILES string of the molecule is COc1ccc(CN2C(=O)c3ccccc3[C@@H]2C(=O)NC2CCCCCCC2)cc1. The molecule has 0 spiro atoms. The minimum atomic E-state index is -0.582. The number of nitrogens with one attached hydrogen (secondary N) is 1. The first-order valence-electron chi connectivity index (χ1n) is 11.0. The number of nitrogens with zero attached hydrogens (tertiary/aromatic N) is 1. The molecule has 0 bridgehead atoms. The fourth-order valence-corrected chi connectivity index (χ4v) is 4.62. The Morgan fingerprint density at radius 1 is 1.00 bits per heavy atom. The zero-order valence-electron chi connectivity index (χ0n) is 17.6. The van der Waals surface area contributed by atoms with Crippen molar-refractivity contribution in [3.8, 4) is 5.75 Å². The third-order valence-corrected chi connectivity index (χ3v) is 6.27. The molecule has 2 amide bonds. The van der Waals surface area contributed by atoms with Gasteiger partial charge in [0.25, 0.3) is 5.91 Å². The van der Waals surface area contributed by atoms with Crippen LogP contribution in [-0.4, -0.2) is 29.9 Å². The molecule has 0 unspecified atom stereocenters. The van der Waals surface area contributed by atoms with Gasteiger partial charge in [0.1, 0.15) is 11.8 Å². The number of benzene rings is 2. The minimum absolute atomic E-state index is 0.0626. The Hall–Kier alpha value is -2.82. The van der Waals surface area contributed by atoms with Gasteiger partial charge >= 0.3 is 0 Å². The molecule has 1 saturated carbocycles. The van der Waals surface area contributed by atoms with Gasteiger partial charge in [-0.05, 0) is 42.2 Å². The molecule has 2 aromatic rings. The van der Waals surface area contributed by atoms with Crippen molar-refractivity contribution in [2.75, 3.05) is 7.11 Å². The smallest absolute Gasteiger partial charge is 0.255 e. The molecule has 5 heteroatoms. The predicted octanol–water partition coefficient (Wildman–Crippen LogP) is 4.62. The van der Waals surface area contributed by atoms with Crippen molar-refractivity contribution in [3.63, 3.8) is 0 Å². The fraction of sp³-hybridized carbons (Fsp3) is 0.440. The van der Waals surface area contributed by atoms with Crippen LogP contribution in [0.3, 0.4) is 0 Å². The van der Waals surface area contributed by atoms with Crippen LogP contribution in [-0.2, 0) is 11.3 Å². The number of rotatable bonds is 5. The van der Waals surface area contributed by atoms with E-state index >= 15 is 0 Å². The number of carbonyl (C=O) groups excluding carboxylic acids is 2. The summed E-state index contributed by atoms with van der Waals surface area (Å²) >= 11 is 0. The lowest BCUT2D eigenvalue weighted by Crippen LogP contribution is -2.43. The van der Waals surface area contributed by atoms with Crippen molar-refractivity contribution in [1.29, 1.82) is 0 Å². The van der Waals surface area contributed by atoms with Gasteiger partial charge in [-0.25, -0.2) is 0 Å². The first-order valence-corrected chi connectivity index (χ1v) is 11.0. The molecule has 158 valence electrons. The Morgan fingerprint density at radius 3 is 2.37 bits per heavy atom. The van der Waals surface area contributed by atoms with Crippen LogP contribution in [0.25, 0.3) is 0 Å². The van der Waals surface area contributed by atoms with Crippen LogP contribution < -0.4 is 10.1 Å². The van der Waals surface area contributed by atoms with Crippen LogP contribution in [0.1, 0.15) is 72.5 Å². The van der Waals surface area contributed by atoms with Gasteiger partial charge in [0.05, 0.1) is 7.11 Å². The summed E-state index contributed by atoms with van der Waals surface area (Å²) in [6.45, 7) is 0.389. The predicted molar refractivity (Wildman–Crippen MR) is 116 cm³/mol. The molecule has 1 aliphatic carbocycles. The third-order valence-electron chi connectivity index (χ3n) is 6.27. The molecule has 1 fully saturated rings. The lowest BCUT2D eigenvalue weighted by Gasteiger charge is -2.28. The van der Waals surface area contributed by atoms with Crippen LogP contribution >= 0.6 is 0 Å². The van der Waals surface area contributed by atoms with Gasteiger partial charge in [0, 0.05) is 18.2 Å². The Kier molecular flexibility index (Phi) is 6.36. The van der Waals surface area contributed by atoms with E-state index in [9.17, 15) is 9.59 Å². The number of amides is 2. The number of methoxy groups -OCH3 is 1. The molecule has 4 rings (SSSR count). The number of hydrogen-bond donors (Lipinski definition) is 1. The molecule has 30 heavy (non-hydrogen) atoms. The van der Waals surface area contributed by atoms with Gasteiger partial charge < -0.3 is 15.0 Å². The van der Waals surface area contributed by atoms with E-state index in [0.717, 1.165) is 42.6 Å². The quantitative estimate of drug-likeness (QED) is 0.788. The fourth-order valence-electron chi connectivity index (χ4n) is 4.62. The summed E-state index contributed by atoms with van der Waals surface area (Å²) in [6.07, 6.45) is 8.11. The Labute approximate surface area is 178 Å². The van der Waals surface area contributed by atoms with Gasteiger partial charge in [-0.3, -0.25) is 9.59 Å². The Bertz CT molecular complexity index is 886. The lowest BCUT2D eigenvalue weighted by molar-refractivity contribution is -0.126. The highest BCUT2D eigenvalue weighted by Crippen LogP contribution is 2.35. The standard InChI is InChI=1S/C25H30N2O3/c1-30-20-15-13-18(14-16-20)17-27-23(21-11-7-8-12-22(21)25(27)29)24(28)26-19-9-5-3-2-4-6-10-19/h7-8,11-16,19,23H,2-6,9-10,17H2,1H3,(H,26,28)/t23-/m1/s1. The van der Waals surface area contributed by atoms with E-state index in [2.05, 4.69) is 5.32 Å². The average molecular weight is 407 g/mol. The second kappa shape index (κ2) is 9.33. The highest BCUT2D eigenvalue weighted by atomic mass is 16.5. The zero-order chi connectivity index (χ0) is 20.9. The van der Waals surface area contributed by atoms with Gasteiger partial charge in [0.2, 0.25) is 5.91 Å². The molecule has 0 saturated heterocycles. The van der Waals surface area contributed by atoms with Crippen LogP contribution in [0.4, 0.5) is 0 Å². The van der Waals surface area contributed by atoms with Gasteiger partial charge in [0.15, 0.2) is 0 Å². The molecular weight excluding hydrogens is 376 g/mol. The monoisotopic (exact) mass is 406 g/mol. The van der Waals surface area contributed by atoms with E-state index in [0.29, 0.717) is 12.1 Å². The van der Waals surface area contributed by atoms with Gasteiger partial charge in [-0.1, -0.05) is 62.4 Å². The van der Waals surface area contributed by atoms with Crippen molar-refractivity contribution in [2.24, 2.45) is 0 Å². The Balaban J connectivity index is 1.56. The summed E-state index contributed by atoms with van der Waals surface area (Å²) < 4.78 is 5.23. The van der Waals surface area contributed by atoms with Crippen LogP contribution in [0.2, 0.25) is 0 Å². The molecule has 5 nitrogen and oxygen atoms in total. The zero-order valence-corrected chi connectivity index (χ0v) is 17.6. The van der Waals surface area contributed by atoms with Crippen LogP contribution in [0.5, 0.6) is 5.75 Å². The summed E-state index contributed by atoms with van der Waals surface area (Å²) in [4.78, 5) is 28.2. The van der Waals surface area contributed by atoms with E-state index in [1.165, 1.54) is 19.3 Å². The van der Waals surface area contributed by atoms with E-state index in [1.54, 1.807) is 12.0 Å². The summed E-state index contributed by atoms with van der Waals surface area (Å²) in [5.74, 6) is 0.625. The summed E-state index contributed by atoms with van der Waals surface area (Å²) in [5.41, 5.74) is 2.41. The molecular formula is C25H30N2O3. The van der Waals surface area contributed by atoms with Crippen LogP contribution in [0, 0.1) is 0 Å². The topological polar surface area (TPSA) is 58.6 Å². The largest absolute Gasteiger partial charge is 0.497 e. The Morgan fingerprint density at radius 2 is 1.67 bits per heavy atom. The van der Waals surface area contributed by atoms with E-state index < -0.39 is 6.04 Å². The van der Waals surface area contributed by atoms with Crippen molar-refractivity contribution < 1.29 is 14.3 Å². The molecule has 2 aromatic carbocycles. The van der Waals surface area contributed by atoms with Crippen molar-refractivity contribution >= 4 is 11.8 Å². The van der Waals surface area contributed by atoms with E-state index in [1.807, 2.05) is 48.5 Å². The molecule has 0 radical (unpaired) electrons. The summed E-state index contributed by atoms with van der Waals surface area (Å²) in [7, 11) is 1.63. The van der Waals surface area contributed by atoms with Crippen LogP contribution in [0.15, 0.2) is 48.5 Å². The molecule has 1 aliphatic heterocycles.